The van der Waals surface area contributed by atoms with Crippen molar-refractivity contribution in [3.63, 3.8) is 0 Å². The Kier molecular flexibility index (Phi) is 9.19. The molecule has 0 heterocycles. The molecule has 568 valence electrons. The van der Waals surface area contributed by atoms with Gasteiger partial charge in [0.25, 0.3) is 0 Å². The van der Waals surface area contributed by atoms with E-state index >= 15 is 0 Å². The number of aliphatic hydroxyl groups is 1. The summed E-state index contributed by atoms with van der Waals surface area (Å²) in [5.74, 6) is 5.80. The highest BCUT2D eigenvalue weighted by Crippen LogP contribution is 2.53. The zero-order chi connectivity index (χ0) is 25.0. The normalized spacial score (nSPS) is 22.9. The number of aryl methyl sites for hydroxylation is 2. The first-order valence-electron chi connectivity index (χ1n) is 12.6. The van der Waals surface area contributed by atoms with Crippen LogP contribution in [-0.4, -0.2) is 41.2 Å². The van der Waals surface area contributed by atoms with E-state index in [0.29, 0.717) is 17.5 Å². The number of nitrogens with zero attached hydrogens (tertiary/aromatic N) is 1. The van der Waals surface area contributed by atoms with Crippen LogP contribution in [0, 0.1) is 42.9 Å². The van der Waals surface area contributed by atoms with Gasteiger partial charge in [-0.25, -0.2) is 4.79 Å². The van der Waals surface area contributed by atoms with Crippen LogP contribution >= 0.6 is 0 Å². The van der Waals surface area contributed by atoms with Gasteiger partial charge in [0.05, 0.1) is 6.04 Å². The molecule has 2 rings (SSSR count). The molecule has 1 N–H and O–H groups in total. The number of rotatable bonds is 7. The van der Waals surface area contributed by atoms with Gasteiger partial charge in [-0.15, -0.1) is 0 Å². The van der Waals surface area contributed by atoms with E-state index in [1.807, 2.05) is 32.0 Å². The Morgan fingerprint density at radius 1 is 1.27 bits per heavy atom. The maximum atomic E-state index is 13.5. The number of ether oxygens (including phenoxy) is 1. The molecule has 1 aliphatic carbocycles. The van der Waals surface area contributed by atoms with Crippen LogP contribution in [0.4, 0.5) is 0 Å². The Morgan fingerprint density at radius 3 is 2.52 bits per heavy atom. The smallest absolute Gasteiger partial charge is 0.344 e. The zero-order valence-electron chi connectivity index (χ0n) is 22.3. The second-order valence-corrected chi connectivity index (χ2v) is 10.8. The van der Waals surface area contributed by atoms with E-state index in [1.165, 1.54) is 0 Å². The van der Waals surface area contributed by atoms with Gasteiger partial charge in [-0.2, -0.15) is 0 Å². The van der Waals surface area contributed by atoms with Crippen LogP contribution in [0.2, 0.25) is 0 Å². The molecule has 1 aromatic rings. The fourth-order valence-electron chi connectivity index (χ4n) is 5.47. The Hall–Kier alpha value is -1.83. The Balaban J connectivity index is -0.000000000319. The summed E-state index contributed by atoms with van der Waals surface area (Å²) in [4.78, 5) is 15.8. The molecule has 1 saturated carbocycles. The maximum Gasteiger partial charge on any atom is 0.344 e. The molecule has 4 unspecified atom stereocenters. The van der Waals surface area contributed by atoms with Crippen LogP contribution in [0.25, 0.3) is 0 Å². The van der Waals surface area contributed by atoms with Crippen LogP contribution in [0.1, 0.15) is 358 Å². The first kappa shape index (κ1) is 27.4. The van der Waals surface area contributed by atoms with E-state index in [-0.39, 0.29) is 298 Å². The number of hydrogen-bond donors (Lipinski definition) is 1. The fourth-order valence-corrected chi connectivity index (χ4v) is 5.47. The van der Waals surface area contributed by atoms with Crippen molar-refractivity contribution < 1.29 is 289 Å². The average molecular weight is 843 g/mol. The zero-order valence-corrected chi connectivity index (χ0v) is 22.3. The molecular formula is C29H429NO3. The lowest BCUT2D eigenvalue weighted by atomic mass is 9.56. The molecule has 4 atom stereocenters. The second-order valence-electron chi connectivity index (χ2n) is 10.8. The topological polar surface area (TPSA) is 49.8 Å². The summed E-state index contributed by atoms with van der Waals surface area (Å²) < 4.78 is 5.66. The van der Waals surface area contributed by atoms with E-state index in [9.17, 15) is 9.90 Å². The molecule has 0 spiro atoms. The highest BCUT2D eigenvalue weighted by molar-refractivity contribution is 5.82. The summed E-state index contributed by atoms with van der Waals surface area (Å²) in [5, 5.41) is 12.1. The summed E-state index contributed by atoms with van der Waals surface area (Å²) in [6.45, 7) is 20.0. The third-order valence-electron chi connectivity index (χ3n) is 8.17. The monoisotopic (exact) mass is 842 g/mol. The van der Waals surface area contributed by atoms with Crippen molar-refractivity contribution in [2.24, 2.45) is 17.3 Å². The minimum absolute atomic E-state index is 0. The minimum atomic E-state index is -1.70. The molecule has 33 heavy (non-hydrogen) atoms. The Bertz CT molecular complexity index is 1010. The van der Waals surface area contributed by atoms with E-state index in [0.717, 1.165) is 36.9 Å². The Labute approximate surface area is 487 Å². The molecule has 1 aromatic carbocycles. The quantitative estimate of drug-likeness (QED) is 0.219. The van der Waals surface area contributed by atoms with Gasteiger partial charge < -0.3 is 9.84 Å². The van der Waals surface area contributed by atoms with Crippen LogP contribution < -0.4 is 0 Å². The SMILES string of the molecule is CCN(C(C)C)C(C)C#CCOC(=O)C(O)(c1ccc(C)c(C)c1)C1CCCC(C)C1(C)C.[HH].[HH].[HH].[HH].[HH].[HH].[HH].[HH].[HH].[HH].[HH].[HH].[HH].[HH].[HH].[HH].[HH].[HH].[HH].[HH].[HH].[HH].[HH].[HH].[HH].[HH].[HH].[HH].[HH].[HH].[HH].[HH].[HH].[HH].[HH].[HH].[HH].[HH].[HH].[HH].[HH].[HH].[HH].[HH].[HH].[HH].[HH].[HH].[HH].[HH].[HH].[HH].[HH].[HH].[HH].[HH].[HH].[HH].[HH].[HH].[HH].[HH].[HH].[HH].[HH].[HH].[HH].[HH].[HH].[HH].[HH].[HH].[HH].[HH].[HH].[HH].[HH].[HH].[HH].[HH].[HH].[HH].[HH].[HH].[HH].[HH].[HH].[HH].[HH].[HH].[HH].[HH].[HH].[HH].[HH].[HH].[HH].[HH].[HH].[HH].[HH].[HH].[HH].[HH].[HH].[HH].[HH].[HH].[HH].[HH].[HH].[HH].[HH].[HH].[HH].[HH].[HH].[HH].[HH].[HH].[HH].[HH].[HH].[HH].[HH].[HH].[HH].[HH].[HH].[HH].[HH].[HH].[HH].[HH].[HH].[HH].[HH].[HH].[HH].[HH].[HH].[HH].[HH].[HH].[HH].[HH].[HH].[HH].[HH].[HH].[HH].[HH].[HH].[HH].[HH].[HH].[HH].[HH].[HH].[HH].[HH].[HH].[HH].[HH].[HH].[HH].[HH].[HH].[HH].[HH].[HH].[HH].[HH].[HH].[HH].[HH].[HH].[HH].[HH].[HH].[HH].[HH].[HH].[HH].[HH].[HH].[HH].[HH].[HH].[HH].[HH].[HH]. The van der Waals surface area contributed by atoms with E-state index in [2.05, 4.69) is 65.2 Å². The number of carbonyl (C=O) groups is 1. The number of benzene rings is 1. The van der Waals surface area contributed by atoms with Gasteiger partial charge in [-0.05, 0) is 75.6 Å². The number of hydrogen-bond acceptors (Lipinski definition) is 4. The summed E-state index contributed by atoms with van der Waals surface area (Å²) in [6.07, 6.45) is 2.89. The van der Waals surface area contributed by atoms with Gasteiger partial charge in [0.2, 0.25) is 0 Å². The molecule has 0 saturated heterocycles. The number of esters is 1. The van der Waals surface area contributed by atoms with Crippen LogP contribution in [0.3, 0.4) is 0 Å². The molecule has 1 aliphatic rings. The van der Waals surface area contributed by atoms with Crippen molar-refractivity contribution in [2.45, 2.75) is 99.3 Å². The van der Waals surface area contributed by atoms with Crippen molar-refractivity contribution in [1.82, 2.24) is 4.90 Å². The van der Waals surface area contributed by atoms with E-state index in [1.54, 1.807) is 0 Å². The first-order valence-corrected chi connectivity index (χ1v) is 12.6. The third-order valence-corrected chi connectivity index (χ3v) is 8.17. The van der Waals surface area contributed by atoms with Crippen molar-refractivity contribution in [3.05, 3.63) is 34.9 Å². The van der Waals surface area contributed by atoms with Gasteiger partial charge >= 0.3 is 5.97 Å². The van der Waals surface area contributed by atoms with Crippen molar-refractivity contribution in [2.75, 3.05) is 13.2 Å². The highest BCUT2D eigenvalue weighted by Gasteiger charge is 2.55. The van der Waals surface area contributed by atoms with Crippen molar-refractivity contribution in [3.8, 4) is 11.8 Å². The summed E-state index contributed by atoms with van der Waals surface area (Å²) >= 11 is 0. The van der Waals surface area contributed by atoms with Crippen molar-refractivity contribution in [1.29, 1.82) is 0 Å². The first-order chi connectivity index (χ1) is 15.4. The fraction of sp³-hybridized carbons (Fsp3) is 0.690. The summed E-state index contributed by atoms with van der Waals surface area (Å²) in [7, 11) is 0. The van der Waals surface area contributed by atoms with Gasteiger partial charge in [0.15, 0.2) is 12.2 Å². The second kappa shape index (κ2) is 11.1. The number of carbonyl (C=O) groups excluding carboxylic acids is 1. The molecular weight excluding hydrogens is 410 g/mol. The molecule has 0 aromatic heterocycles. The van der Waals surface area contributed by atoms with Gasteiger partial charge in [0.1, 0.15) is 0 Å². The van der Waals surface area contributed by atoms with Crippen LogP contribution in [0.5, 0.6) is 0 Å². The molecule has 0 amide bonds. The molecule has 0 aliphatic heterocycles. The standard InChI is InChI=1S/C29H45NO3.192H2/c1-10-30(20(2)3)24(7)14-12-18-33-27(31)29(32,25-17-16-21(4)22(5)19-25)26-15-11-13-23(6)28(26,8)9;;;;;;;;;;;;;;;;;;;;;;;;;;;;;;;;;;;;;;;;;;;;;;;;;;;;;;;;;;;;;;;;;;;;;;;;;;;;;;;;;;;;;;;;;;;;;;;;;;;;;;;;;;;;;;;;;;;;;;;;;;;;;;;;;;;;;;;;;;;;;;;;;;;;;;;;;;;;;;;;;;;;;;;;;;;;;;;;;;;;;;;;;;;;;;;;/h16-17,19-20,23-24,26,32H,10-11,13,15,18H2,1-9H3;192*1H. The van der Waals surface area contributed by atoms with Crippen LogP contribution in [-0.2, 0) is 15.1 Å². The lowest BCUT2D eigenvalue weighted by Gasteiger charge is -2.50. The minimum Gasteiger partial charge on any atom is -0.450 e. The van der Waals surface area contributed by atoms with Crippen LogP contribution in [0.15, 0.2) is 18.2 Å². The predicted octanol–water partition coefficient (Wildman–Crippen LogP) is 52.9. The lowest BCUT2D eigenvalue weighted by Crippen LogP contribution is -2.53. The molecule has 4 nitrogen and oxygen atoms in total. The Morgan fingerprint density at radius 2 is 1.94 bits per heavy atom. The molecule has 4 heteroatoms. The van der Waals surface area contributed by atoms with Crippen molar-refractivity contribution >= 4 is 5.97 Å². The third kappa shape index (κ3) is 5.81. The van der Waals surface area contributed by atoms with Gasteiger partial charge in [-0.1, -0.05) is 70.6 Å². The summed E-state index contributed by atoms with van der Waals surface area (Å²) in [6, 6.07) is 6.28. The van der Waals surface area contributed by atoms with Gasteiger partial charge in [-0.3, -0.25) is 4.90 Å². The lowest BCUT2D eigenvalue weighted by molar-refractivity contribution is -0.185. The van der Waals surface area contributed by atoms with Gasteiger partial charge in [0, 0.05) is 286 Å². The van der Waals surface area contributed by atoms with E-state index in [4.69, 9.17) is 4.74 Å². The highest BCUT2D eigenvalue weighted by atomic mass is 16.5. The predicted molar refractivity (Wildman–Crippen MR) is 542 cm³/mol. The molecule has 1 fully saturated rings. The largest absolute Gasteiger partial charge is 0.450 e. The molecule has 0 bridgehead atoms. The molecule has 0 radical (unpaired) electrons. The van der Waals surface area contributed by atoms with E-state index < -0.39 is 11.6 Å². The maximum absolute atomic E-state index is 13.5. The average Bonchev–Trinajstić information content (AvgIpc) is 2.74. The summed E-state index contributed by atoms with van der Waals surface area (Å²) in [5.41, 5.74) is 0.918.